The molecule has 0 fully saturated rings. The van der Waals surface area contributed by atoms with Gasteiger partial charge in [-0.05, 0) is 29.7 Å². The van der Waals surface area contributed by atoms with Gasteiger partial charge in [-0.25, -0.2) is 21.6 Å². The van der Waals surface area contributed by atoms with Gasteiger partial charge < -0.3 is 0 Å². The number of sulfonamides is 1. The average molecular weight is 343 g/mol. The van der Waals surface area contributed by atoms with Gasteiger partial charge in [-0.15, -0.1) is 0 Å². The summed E-state index contributed by atoms with van der Waals surface area (Å²) in [7, 11) is -3.02. The third-order valence-electron chi connectivity index (χ3n) is 3.52. The van der Waals surface area contributed by atoms with Crippen molar-refractivity contribution in [2.24, 2.45) is 0 Å². The Morgan fingerprint density at radius 2 is 1.48 bits per heavy atom. The second kappa shape index (κ2) is 6.72. The summed E-state index contributed by atoms with van der Waals surface area (Å²) in [6, 6.07) is 8.59. The fraction of sp³-hybridized carbons (Fsp3) is 0.250. The highest BCUT2D eigenvalue weighted by Gasteiger charge is 2.27. The van der Waals surface area contributed by atoms with Gasteiger partial charge in [-0.1, -0.05) is 31.2 Å². The van der Waals surface area contributed by atoms with Crippen LogP contribution in [0, 0.1) is 17.5 Å². The fourth-order valence-electron chi connectivity index (χ4n) is 2.10. The van der Waals surface area contributed by atoms with Crippen LogP contribution < -0.4 is 0 Å². The van der Waals surface area contributed by atoms with E-state index < -0.39 is 32.4 Å². The van der Waals surface area contributed by atoms with Gasteiger partial charge in [0.05, 0.1) is 0 Å². The Morgan fingerprint density at radius 1 is 0.913 bits per heavy atom. The van der Waals surface area contributed by atoms with E-state index in [0.29, 0.717) is 11.6 Å². The topological polar surface area (TPSA) is 37.4 Å². The van der Waals surface area contributed by atoms with E-state index in [-0.39, 0.29) is 6.54 Å². The lowest BCUT2D eigenvalue weighted by Crippen LogP contribution is -2.27. The summed E-state index contributed by atoms with van der Waals surface area (Å²) in [4.78, 5) is -0.885. The van der Waals surface area contributed by atoms with E-state index in [4.69, 9.17) is 0 Å². The van der Waals surface area contributed by atoms with Crippen LogP contribution in [0.3, 0.4) is 0 Å². The molecule has 0 aliphatic carbocycles. The predicted octanol–water partition coefficient (Wildman–Crippen LogP) is 3.49. The van der Waals surface area contributed by atoms with Gasteiger partial charge in [-0.2, -0.15) is 4.31 Å². The quantitative estimate of drug-likeness (QED) is 0.780. The van der Waals surface area contributed by atoms with Crippen LogP contribution in [0.1, 0.15) is 18.1 Å². The minimum atomic E-state index is -4.27. The van der Waals surface area contributed by atoms with E-state index in [1.165, 1.54) is 7.05 Å². The van der Waals surface area contributed by atoms with Crippen LogP contribution in [0.15, 0.2) is 41.3 Å². The second-order valence-electron chi connectivity index (χ2n) is 5.10. The number of halogens is 3. The molecular weight excluding hydrogens is 327 g/mol. The van der Waals surface area contributed by atoms with Gasteiger partial charge in [-0.3, -0.25) is 0 Å². The highest BCUT2D eigenvalue weighted by Crippen LogP contribution is 2.23. The summed E-state index contributed by atoms with van der Waals surface area (Å²) < 4.78 is 65.5. The third kappa shape index (κ3) is 3.56. The van der Waals surface area contributed by atoms with Crippen LogP contribution >= 0.6 is 0 Å². The first-order valence-electron chi connectivity index (χ1n) is 6.95. The Labute approximate surface area is 133 Å². The molecule has 0 aliphatic heterocycles. The van der Waals surface area contributed by atoms with Crippen molar-refractivity contribution in [1.82, 2.24) is 4.31 Å². The summed E-state index contributed by atoms with van der Waals surface area (Å²) >= 11 is 0. The molecule has 0 spiro atoms. The second-order valence-corrected chi connectivity index (χ2v) is 7.12. The third-order valence-corrected chi connectivity index (χ3v) is 5.35. The van der Waals surface area contributed by atoms with E-state index in [2.05, 4.69) is 0 Å². The normalized spacial score (nSPS) is 11.9. The van der Waals surface area contributed by atoms with Crippen LogP contribution in [0.2, 0.25) is 0 Å². The van der Waals surface area contributed by atoms with Crippen molar-refractivity contribution in [3.63, 3.8) is 0 Å². The molecule has 124 valence electrons. The molecule has 0 unspecified atom stereocenters. The highest BCUT2D eigenvalue weighted by atomic mass is 32.2. The molecule has 2 rings (SSSR count). The van der Waals surface area contributed by atoms with Gasteiger partial charge in [0.15, 0.2) is 17.5 Å². The summed E-state index contributed by atoms with van der Waals surface area (Å²) in [6.07, 6.45) is 0.856. The zero-order valence-corrected chi connectivity index (χ0v) is 13.5. The number of rotatable bonds is 5. The number of nitrogens with zero attached hydrogens (tertiary/aromatic N) is 1. The summed E-state index contributed by atoms with van der Waals surface area (Å²) in [5.41, 5.74) is 1.81. The average Bonchev–Trinajstić information content (AvgIpc) is 2.53. The highest BCUT2D eigenvalue weighted by molar-refractivity contribution is 7.89. The molecule has 0 amide bonds. The molecule has 3 nitrogen and oxygen atoms in total. The van der Waals surface area contributed by atoms with Gasteiger partial charge in [0.2, 0.25) is 10.0 Å². The van der Waals surface area contributed by atoms with E-state index >= 15 is 0 Å². The van der Waals surface area contributed by atoms with Crippen LogP contribution in [-0.4, -0.2) is 19.8 Å². The molecule has 0 aliphatic rings. The van der Waals surface area contributed by atoms with Gasteiger partial charge >= 0.3 is 0 Å². The SMILES string of the molecule is CCc1ccc(CN(C)S(=O)(=O)c2ccc(F)c(F)c2F)cc1. The molecule has 0 aromatic heterocycles. The Hall–Kier alpha value is -1.86. The zero-order valence-electron chi connectivity index (χ0n) is 12.7. The molecule has 2 aromatic rings. The number of hydrogen-bond donors (Lipinski definition) is 0. The van der Waals surface area contributed by atoms with E-state index in [1.54, 1.807) is 12.1 Å². The number of benzene rings is 2. The maximum atomic E-state index is 13.7. The molecule has 2 aromatic carbocycles. The smallest absolute Gasteiger partial charge is 0.207 e. The van der Waals surface area contributed by atoms with Crippen molar-refractivity contribution in [3.8, 4) is 0 Å². The minimum absolute atomic E-state index is 0.00916. The Morgan fingerprint density at radius 3 is 2.04 bits per heavy atom. The first-order valence-corrected chi connectivity index (χ1v) is 8.39. The Kier molecular flexibility index (Phi) is 5.11. The molecule has 0 radical (unpaired) electrons. The molecule has 0 N–H and O–H groups in total. The fourth-order valence-corrected chi connectivity index (χ4v) is 3.31. The van der Waals surface area contributed by atoms with E-state index in [9.17, 15) is 21.6 Å². The molecule has 0 atom stereocenters. The summed E-state index contributed by atoms with van der Waals surface area (Å²) in [5, 5.41) is 0. The zero-order chi connectivity index (χ0) is 17.2. The first-order chi connectivity index (χ1) is 10.8. The Bertz CT molecular complexity index is 805. The lowest BCUT2D eigenvalue weighted by Gasteiger charge is -2.18. The standard InChI is InChI=1S/C16H16F3NO2S/c1-3-11-4-6-12(7-5-11)10-20(2)23(21,22)14-9-8-13(17)15(18)16(14)19/h4-9H,3,10H2,1-2H3. The molecular formula is C16H16F3NO2S. The molecule has 0 saturated carbocycles. The van der Waals surface area contributed by atoms with Crippen molar-refractivity contribution in [1.29, 1.82) is 0 Å². The maximum absolute atomic E-state index is 13.7. The van der Waals surface area contributed by atoms with E-state index in [1.807, 2.05) is 19.1 Å². The first kappa shape index (κ1) is 17.5. The van der Waals surface area contributed by atoms with Crippen LogP contribution in [-0.2, 0) is 23.0 Å². The molecule has 0 saturated heterocycles. The van der Waals surface area contributed by atoms with Crippen molar-refractivity contribution >= 4 is 10.0 Å². The van der Waals surface area contributed by atoms with Crippen LogP contribution in [0.25, 0.3) is 0 Å². The van der Waals surface area contributed by atoms with Gasteiger partial charge in [0.1, 0.15) is 4.90 Å². The molecule has 23 heavy (non-hydrogen) atoms. The summed E-state index contributed by atoms with van der Waals surface area (Å²) in [5.74, 6) is -4.94. The predicted molar refractivity (Wildman–Crippen MR) is 80.8 cm³/mol. The van der Waals surface area contributed by atoms with Crippen molar-refractivity contribution in [2.45, 2.75) is 24.8 Å². The van der Waals surface area contributed by atoms with Gasteiger partial charge in [0, 0.05) is 13.6 Å². The van der Waals surface area contributed by atoms with Crippen molar-refractivity contribution < 1.29 is 21.6 Å². The number of aryl methyl sites for hydroxylation is 1. The van der Waals surface area contributed by atoms with Crippen LogP contribution in [0.5, 0.6) is 0 Å². The van der Waals surface area contributed by atoms with E-state index in [0.717, 1.165) is 22.4 Å². The lowest BCUT2D eigenvalue weighted by molar-refractivity contribution is 0.421. The van der Waals surface area contributed by atoms with Crippen molar-refractivity contribution in [3.05, 3.63) is 65.0 Å². The number of hydrogen-bond acceptors (Lipinski definition) is 2. The van der Waals surface area contributed by atoms with Crippen molar-refractivity contribution in [2.75, 3.05) is 7.05 Å². The summed E-state index contributed by atoms with van der Waals surface area (Å²) in [6.45, 7) is 1.99. The maximum Gasteiger partial charge on any atom is 0.246 e. The van der Waals surface area contributed by atoms with Gasteiger partial charge in [0.25, 0.3) is 0 Å². The largest absolute Gasteiger partial charge is 0.246 e. The Balaban J connectivity index is 2.30. The molecule has 0 bridgehead atoms. The molecule has 0 heterocycles. The van der Waals surface area contributed by atoms with Crippen LogP contribution in [0.4, 0.5) is 13.2 Å². The minimum Gasteiger partial charge on any atom is -0.207 e. The lowest BCUT2D eigenvalue weighted by atomic mass is 10.1. The molecule has 7 heteroatoms. The monoisotopic (exact) mass is 343 g/mol.